The topological polar surface area (TPSA) is 104 Å². The van der Waals surface area contributed by atoms with Gasteiger partial charge < -0.3 is 14.6 Å². The molecule has 1 heterocycles. The summed E-state index contributed by atoms with van der Waals surface area (Å²) in [6, 6.07) is -0.847. The molecular formula is C9H13N3O5. The van der Waals surface area contributed by atoms with Crippen molar-refractivity contribution in [2.24, 2.45) is 0 Å². The van der Waals surface area contributed by atoms with Crippen molar-refractivity contribution in [3.8, 4) is 0 Å². The first-order valence-corrected chi connectivity index (χ1v) is 4.87. The fourth-order valence-corrected chi connectivity index (χ4v) is 1.13. The molecule has 0 aliphatic rings. The Morgan fingerprint density at radius 3 is 2.82 bits per heavy atom. The van der Waals surface area contributed by atoms with Crippen LogP contribution in [0.2, 0.25) is 0 Å². The van der Waals surface area contributed by atoms with Gasteiger partial charge in [-0.15, -0.1) is 5.10 Å². The maximum Gasteiger partial charge on any atom is 0.355 e. The van der Waals surface area contributed by atoms with Crippen LogP contribution in [-0.4, -0.2) is 52.4 Å². The van der Waals surface area contributed by atoms with Crippen molar-refractivity contribution in [3.05, 3.63) is 11.9 Å². The SMILES string of the molecule is COCCOC(=O)C(C)n1nncc1C(=O)O. The van der Waals surface area contributed by atoms with E-state index in [1.165, 1.54) is 14.0 Å². The van der Waals surface area contributed by atoms with Crippen molar-refractivity contribution >= 4 is 11.9 Å². The van der Waals surface area contributed by atoms with E-state index in [2.05, 4.69) is 10.3 Å². The normalized spacial score (nSPS) is 12.1. The van der Waals surface area contributed by atoms with Crippen molar-refractivity contribution in [2.75, 3.05) is 20.3 Å². The number of carbonyl (C=O) groups is 2. The molecule has 0 saturated carbocycles. The first-order valence-electron chi connectivity index (χ1n) is 4.87. The molecule has 0 aliphatic carbocycles. The van der Waals surface area contributed by atoms with Gasteiger partial charge in [-0.3, -0.25) is 0 Å². The van der Waals surface area contributed by atoms with Crippen molar-refractivity contribution in [2.45, 2.75) is 13.0 Å². The highest BCUT2D eigenvalue weighted by atomic mass is 16.6. The van der Waals surface area contributed by atoms with Crippen LogP contribution in [0.1, 0.15) is 23.5 Å². The van der Waals surface area contributed by atoms with Gasteiger partial charge in [0.1, 0.15) is 12.6 Å². The smallest absolute Gasteiger partial charge is 0.355 e. The molecule has 1 N–H and O–H groups in total. The average molecular weight is 243 g/mol. The number of esters is 1. The maximum absolute atomic E-state index is 11.5. The summed E-state index contributed by atoms with van der Waals surface area (Å²) in [7, 11) is 1.48. The van der Waals surface area contributed by atoms with E-state index in [0.29, 0.717) is 0 Å². The molecule has 1 unspecified atom stereocenters. The van der Waals surface area contributed by atoms with Crippen LogP contribution in [0, 0.1) is 0 Å². The van der Waals surface area contributed by atoms with Crippen LogP contribution in [0.3, 0.4) is 0 Å². The molecule has 1 rings (SSSR count). The fraction of sp³-hybridized carbons (Fsp3) is 0.556. The first kappa shape index (κ1) is 13.1. The molecule has 8 nitrogen and oxygen atoms in total. The predicted octanol–water partition coefficient (Wildman–Crippen LogP) is -0.273. The number of aromatic carboxylic acids is 1. The second-order valence-corrected chi connectivity index (χ2v) is 3.21. The van der Waals surface area contributed by atoms with Gasteiger partial charge in [0, 0.05) is 7.11 Å². The van der Waals surface area contributed by atoms with Gasteiger partial charge in [0.15, 0.2) is 5.69 Å². The third-order valence-electron chi connectivity index (χ3n) is 2.03. The largest absolute Gasteiger partial charge is 0.476 e. The Morgan fingerprint density at radius 1 is 1.53 bits per heavy atom. The number of ether oxygens (including phenoxy) is 2. The number of hydrogen-bond donors (Lipinski definition) is 1. The van der Waals surface area contributed by atoms with E-state index in [-0.39, 0.29) is 18.9 Å². The fourth-order valence-electron chi connectivity index (χ4n) is 1.13. The second kappa shape index (κ2) is 5.94. The third-order valence-corrected chi connectivity index (χ3v) is 2.03. The molecular weight excluding hydrogens is 230 g/mol. The molecule has 0 bridgehead atoms. The third kappa shape index (κ3) is 3.25. The van der Waals surface area contributed by atoms with E-state index in [9.17, 15) is 9.59 Å². The Balaban J connectivity index is 2.68. The van der Waals surface area contributed by atoms with Crippen LogP contribution < -0.4 is 0 Å². The van der Waals surface area contributed by atoms with Gasteiger partial charge in [-0.05, 0) is 6.92 Å². The van der Waals surface area contributed by atoms with Gasteiger partial charge in [-0.1, -0.05) is 5.21 Å². The summed E-state index contributed by atoms with van der Waals surface area (Å²) in [6.45, 7) is 1.87. The number of carboxylic acid groups (broad SMARTS) is 1. The van der Waals surface area contributed by atoms with E-state index in [1.807, 2.05) is 0 Å². The van der Waals surface area contributed by atoms with Crippen molar-refractivity contribution < 1.29 is 24.2 Å². The Labute approximate surface area is 97.1 Å². The zero-order valence-electron chi connectivity index (χ0n) is 9.49. The predicted molar refractivity (Wildman–Crippen MR) is 54.5 cm³/mol. The van der Waals surface area contributed by atoms with E-state index >= 15 is 0 Å². The minimum Gasteiger partial charge on any atom is -0.476 e. The minimum absolute atomic E-state index is 0.108. The van der Waals surface area contributed by atoms with Crippen LogP contribution in [0.15, 0.2) is 6.20 Å². The Kier molecular flexibility index (Phi) is 4.58. The van der Waals surface area contributed by atoms with Gasteiger partial charge >= 0.3 is 11.9 Å². The monoisotopic (exact) mass is 243 g/mol. The van der Waals surface area contributed by atoms with Crippen LogP contribution in [-0.2, 0) is 14.3 Å². The maximum atomic E-state index is 11.5. The second-order valence-electron chi connectivity index (χ2n) is 3.21. The number of hydrogen-bond acceptors (Lipinski definition) is 6. The van der Waals surface area contributed by atoms with E-state index in [0.717, 1.165) is 10.9 Å². The standard InChI is InChI=1S/C9H13N3O5/c1-6(9(15)17-4-3-16-2)12-7(8(13)14)5-10-11-12/h5-6H,3-4H2,1-2H3,(H,13,14). The lowest BCUT2D eigenvalue weighted by atomic mass is 10.3. The molecule has 17 heavy (non-hydrogen) atoms. The number of carbonyl (C=O) groups excluding carboxylic acids is 1. The summed E-state index contributed by atoms with van der Waals surface area (Å²) in [5.74, 6) is -1.79. The quantitative estimate of drug-likeness (QED) is 0.541. The summed E-state index contributed by atoms with van der Waals surface area (Å²) in [5, 5.41) is 15.8. The number of rotatable bonds is 6. The Hall–Kier alpha value is -1.96. The summed E-state index contributed by atoms with van der Waals surface area (Å²) in [4.78, 5) is 22.3. The molecule has 1 aromatic heterocycles. The van der Waals surface area contributed by atoms with Crippen LogP contribution in [0.4, 0.5) is 0 Å². The molecule has 0 aromatic carbocycles. The highest BCUT2D eigenvalue weighted by Crippen LogP contribution is 2.09. The van der Waals surface area contributed by atoms with Crippen molar-refractivity contribution in [1.29, 1.82) is 0 Å². The number of carboxylic acids is 1. The van der Waals surface area contributed by atoms with Gasteiger partial charge in [-0.2, -0.15) is 0 Å². The Morgan fingerprint density at radius 2 is 2.24 bits per heavy atom. The molecule has 1 aromatic rings. The van der Waals surface area contributed by atoms with Gasteiger partial charge in [-0.25, -0.2) is 14.3 Å². The summed E-state index contributed by atoms with van der Waals surface area (Å²) >= 11 is 0. The molecule has 1 atom stereocenters. The van der Waals surface area contributed by atoms with Crippen molar-refractivity contribution in [1.82, 2.24) is 15.0 Å². The lowest BCUT2D eigenvalue weighted by Gasteiger charge is -2.12. The highest BCUT2D eigenvalue weighted by Gasteiger charge is 2.23. The zero-order chi connectivity index (χ0) is 12.8. The van der Waals surface area contributed by atoms with Gasteiger partial charge in [0.05, 0.1) is 12.8 Å². The highest BCUT2D eigenvalue weighted by molar-refractivity contribution is 5.86. The van der Waals surface area contributed by atoms with Gasteiger partial charge in [0.25, 0.3) is 0 Å². The van der Waals surface area contributed by atoms with Gasteiger partial charge in [0.2, 0.25) is 0 Å². The van der Waals surface area contributed by atoms with Crippen LogP contribution in [0.5, 0.6) is 0 Å². The molecule has 0 saturated heterocycles. The lowest BCUT2D eigenvalue weighted by molar-refractivity contribution is -0.148. The molecule has 0 aliphatic heterocycles. The summed E-state index contributed by atoms with van der Waals surface area (Å²) in [5.41, 5.74) is -0.166. The summed E-state index contributed by atoms with van der Waals surface area (Å²) in [6.07, 6.45) is 1.07. The summed E-state index contributed by atoms with van der Waals surface area (Å²) < 4.78 is 10.6. The molecule has 8 heteroatoms. The Bertz CT molecular complexity index is 403. The average Bonchev–Trinajstić information content (AvgIpc) is 2.77. The molecule has 0 amide bonds. The molecule has 0 radical (unpaired) electrons. The number of nitrogens with zero attached hydrogens (tertiary/aromatic N) is 3. The van der Waals surface area contributed by atoms with E-state index in [1.54, 1.807) is 0 Å². The molecule has 0 fully saturated rings. The minimum atomic E-state index is -1.20. The molecule has 0 spiro atoms. The van der Waals surface area contributed by atoms with Crippen LogP contribution >= 0.6 is 0 Å². The van der Waals surface area contributed by atoms with E-state index < -0.39 is 18.0 Å². The number of methoxy groups -OCH3 is 1. The van der Waals surface area contributed by atoms with Crippen molar-refractivity contribution in [3.63, 3.8) is 0 Å². The van der Waals surface area contributed by atoms with Crippen LogP contribution in [0.25, 0.3) is 0 Å². The number of aromatic nitrogens is 3. The first-order chi connectivity index (χ1) is 8.07. The van der Waals surface area contributed by atoms with E-state index in [4.69, 9.17) is 14.6 Å². The molecule has 94 valence electrons. The zero-order valence-corrected chi connectivity index (χ0v) is 9.49. The lowest BCUT2D eigenvalue weighted by Crippen LogP contribution is -2.24.